The number of nitrogens with one attached hydrogen (secondary N) is 1. The minimum Gasteiger partial charge on any atom is -0.433 e. The zero-order chi connectivity index (χ0) is 13.3. The first kappa shape index (κ1) is 13.4. The monoisotopic (exact) mass is 295 g/mol. The molecule has 1 aliphatic carbocycles. The third-order valence-electron chi connectivity index (χ3n) is 2.50. The second kappa shape index (κ2) is 4.90. The number of hydrogen-bond acceptors (Lipinski definition) is 2. The summed E-state index contributed by atoms with van der Waals surface area (Å²) >= 11 is 11.5. The summed E-state index contributed by atoms with van der Waals surface area (Å²) < 4.78 is 27.5. The van der Waals surface area contributed by atoms with Gasteiger partial charge in [-0.1, -0.05) is 12.1 Å². The van der Waals surface area contributed by atoms with Crippen LogP contribution in [0.5, 0.6) is 5.75 Å². The standard InChI is InChI=1S/C11H9Cl2F2NO2/c12-11(13)5-6(11)9(17)16-7-3-1-2-4-8(7)18-10(14)15/h1-4,6,10H,5H2,(H,16,17). The van der Waals surface area contributed by atoms with Gasteiger partial charge in [0.25, 0.3) is 0 Å². The molecule has 1 aromatic rings. The van der Waals surface area contributed by atoms with Gasteiger partial charge in [0, 0.05) is 0 Å². The molecule has 1 aromatic carbocycles. The van der Waals surface area contributed by atoms with E-state index >= 15 is 0 Å². The number of ether oxygens (including phenoxy) is 1. The van der Waals surface area contributed by atoms with Crippen molar-refractivity contribution >= 4 is 34.8 Å². The summed E-state index contributed by atoms with van der Waals surface area (Å²) in [7, 11) is 0. The molecular weight excluding hydrogens is 287 g/mol. The van der Waals surface area contributed by atoms with Crippen molar-refractivity contribution in [3.05, 3.63) is 24.3 Å². The first-order chi connectivity index (χ1) is 8.40. The van der Waals surface area contributed by atoms with Crippen molar-refractivity contribution in [2.45, 2.75) is 17.4 Å². The highest BCUT2D eigenvalue weighted by Gasteiger charge is 2.56. The van der Waals surface area contributed by atoms with Crippen LogP contribution in [0.25, 0.3) is 0 Å². The Bertz CT molecular complexity index is 468. The third-order valence-corrected chi connectivity index (χ3v) is 3.34. The normalized spacial score (nSPS) is 20.6. The molecule has 1 amide bonds. The van der Waals surface area contributed by atoms with E-state index in [1.807, 2.05) is 0 Å². The van der Waals surface area contributed by atoms with E-state index in [4.69, 9.17) is 23.2 Å². The molecule has 1 N–H and O–H groups in total. The van der Waals surface area contributed by atoms with Gasteiger partial charge in [-0.3, -0.25) is 4.79 Å². The van der Waals surface area contributed by atoms with Crippen LogP contribution >= 0.6 is 23.2 Å². The molecule has 3 nitrogen and oxygen atoms in total. The van der Waals surface area contributed by atoms with Crippen LogP contribution in [0.1, 0.15) is 6.42 Å². The zero-order valence-corrected chi connectivity index (χ0v) is 10.5. The second-order valence-electron chi connectivity index (χ2n) is 3.88. The van der Waals surface area contributed by atoms with Crippen LogP contribution in [0.15, 0.2) is 24.3 Å². The Morgan fingerprint density at radius 2 is 2.06 bits per heavy atom. The van der Waals surface area contributed by atoms with Gasteiger partial charge in [-0.2, -0.15) is 8.78 Å². The number of rotatable bonds is 4. The molecule has 1 unspecified atom stereocenters. The van der Waals surface area contributed by atoms with Crippen LogP contribution in [-0.4, -0.2) is 16.9 Å². The minimum absolute atomic E-state index is 0.101. The SMILES string of the molecule is O=C(Nc1ccccc1OC(F)F)C1CC1(Cl)Cl. The van der Waals surface area contributed by atoms with E-state index in [0.717, 1.165) is 0 Å². The van der Waals surface area contributed by atoms with Gasteiger partial charge in [-0.25, -0.2) is 0 Å². The van der Waals surface area contributed by atoms with Gasteiger partial charge in [0.05, 0.1) is 11.6 Å². The Morgan fingerprint density at radius 3 is 2.61 bits per heavy atom. The molecule has 0 aromatic heterocycles. The number of anilines is 1. The number of carbonyl (C=O) groups is 1. The molecule has 0 aliphatic heterocycles. The van der Waals surface area contributed by atoms with E-state index in [2.05, 4.69) is 10.1 Å². The Hall–Kier alpha value is -1.07. The van der Waals surface area contributed by atoms with Crippen molar-refractivity contribution in [2.24, 2.45) is 5.92 Å². The zero-order valence-electron chi connectivity index (χ0n) is 9.00. The number of para-hydroxylation sites is 2. The number of alkyl halides is 4. The van der Waals surface area contributed by atoms with E-state index in [1.165, 1.54) is 18.2 Å². The number of halogens is 4. The molecule has 1 aliphatic rings. The van der Waals surface area contributed by atoms with E-state index in [-0.39, 0.29) is 11.4 Å². The summed E-state index contributed by atoms with van der Waals surface area (Å²) in [4.78, 5) is 11.7. The minimum atomic E-state index is -2.95. The average Bonchev–Trinajstić information content (AvgIpc) is 2.90. The summed E-state index contributed by atoms with van der Waals surface area (Å²) in [6.45, 7) is -2.95. The highest BCUT2D eigenvalue weighted by atomic mass is 35.5. The average molecular weight is 296 g/mol. The molecule has 18 heavy (non-hydrogen) atoms. The molecule has 2 rings (SSSR count). The van der Waals surface area contributed by atoms with Crippen LogP contribution < -0.4 is 10.1 Å². The molecule has 0 spiro atoms. The first-order valence-electron chi connectivity index (χ1n) is 5.12. The summed E-state index contributed by atoms with van der Waals surface area (Å²) in [6, 6.07) is 5.92. The molecule has 1 saturated carbocycles. The van der Waals surface area contributed by atoms with Crippen LogP contribution in [-0.2, 0) is 4.79 Å². The van der Waals surface area contributed by atoms with Gasteiger partial charge < -0.3 is 10.1 Å². The first-order valence-corrected chi connectivity index (χ1v) is 5.88. The maximum Gasteiger partial charge on any atom is 0.387 e. The maximum absolute atomic E-state index is 12.2. The molecule has 1 fully saturated rings. The van der Waals surface area contributed by atoms with Crippen LogP contribution in [0.2, 0.25) is 0 Å². The fourth-order valence-electron chi connectivity index (χ4n) is 1.49. The Balaban J connectivity index is 2.07. The molecule has 7 heteroatoms. The molecule has 1 atom stereocenters. The lowest BCUT2D eigenvalue weighted by molar-refractivity contribution is -0.117. The van der Waals surface area contributed by atoms with Crippen LogP contribution in [0.4, 0.5) is 14.5 Å². The Morgan fingerprint density at radius 1 is 1.44 bits per heavy atom. The summed E-state index contributed by atoms with van der Waals surface area (Å²) in [5, 5.41) is 2.47. The smallest absolute Gasteiger partial charge is 0.387 e. The van der Waals surface area contributed by atoms with E-state index in [1.54, 1.807) is 6.07 Å². The number of hydrogen-bond donors (Lipinski definition) is 1. The lowest BCUT2D eigenvalue weighted by Crippen LogP contribution is -2.17. The van der Waals surface area contributed by atoms with E-state index in [0.29, 0.717) is 6.42 Å². The highest BCUT2D eigenvalue weighted by Crippen LogP contribution is 2.53. The van der Waals surface area contributed by atoms with Gasteiger partial charge >= 0.3 is 6.61 Å². The van der Waals surface area contributed by atoms with Gasteiger partial charge in [0.15, 0.2) is 0 Å². The number of benzene rings is 1. The Labute approximate surface area is 112 Å². The highest BCUT2D eigenvalue weighted by molar-refractivity contribution is 6.52. The fraction of sp³-hybridized carbons (Fsp3) is 0.364. The van der Waals surface area contributed by atoms with Crippen molar-refractivity contribution in [3.63, 3.8) is 0 Å². The molecule has 0 heterocycles. The van der Waals surface area contributed by atoms with Gasteiger partial charge in [0.1, 0.15) is 10.1 Å². The van der Waals surface area contributed by atoms with Gasteiger partial charge in [0.2, 0.25) is 5.91 Å². The van der Waals surface area contributed by atoms with Gasteiger partial charge in [-0.15, -0.1) is 23.2 Å². The Kier molecular flexibility index (Phi) is 3.64. The van der Waals surface area contributed by atoms with Crippen molar-refractivity contribution in [1.29, 1.82) is 0 Å². The summed E-state index contributed by atoms with van der Waals surface area (Å²) in [6.07, 6.45) is 0.347. The molecule has 98 valence electrons. The summed E-state index contributed by atoms with van der Waals surface area (Å²) in [5.74, 6) is -1.04. The predicted octanol–water partition coefficient (Wildman–Crippen LogP) is 3.42. The molecular formula is C11H9Cl2F2NO2. The lowest BCUT2D eigenvalue weighted by Gasteiger charge is -2.11. The van der Waals surface area contributed by atoms with Crippen LogP contribution in [0, 0.1) is 5.92 Å². The summed E-state index contributed by atoms with van der Waals surface area (Å²) in [5.41, 5.74) is 0.166. The topological polar surface area (TPSA) is 38.3 Å². The second-order valence-corrected chi connectivity index (χ2v) is 5.42. The van der Waals surface area contributed by atoms with Crippen molar-refractivity contribution in [3.8, 4) is 5.75 Å². The third kappa shape index (κ3) is 3.03. The largest absolute Gasteiger partial charge is 0.433 e. The van der Waals surface area contributed by atoms with Crippen molar-refractivity contribution < 1.29 is 18.3 Å². The van der Waals surface area contributed by atoms with Crippen molar-refractivity contribution in [2.75, 3.05) is 5.32 Å². The van der Waals surface area contributed by atoms with E-state index < -0.39 is 22.8 Å². The van der Waals surface area contributed by atoms with Crippen molar-refractivity contribution in [1.82, 2.24) is 0 Å². The van der Waals surface area contributed by atoms with E-state index in [9.17, 15) is 13.6 Å². The molecule has 0 radical (unpaired) electrons. The predicted molar refractivity (Wildman–Crippen MR) is 64.2 cm³/mol. The molecule has 0 bridgehead atoms. The van der Waals surface area contributed by atoms with Gasteiger partial charge in [-0.05, 0) is 18.6 Å². The fourth-order valence-corrected chi connectivity index (χ4v) is 1.99. The number of carbonyl (C=O) groups excluding carboxylic acids is 1. The maximum atomic E-state index is 12.2. The number of amides is 1. The lowest BCUT2D eigenvalue weighted by atomic mass is 10.2. The molecule has 0 saturated heterocycles. The quantitative estimate of drug-likeness (QED) is 0.865. The van der Waals surface area contributed by atoms with Crippen LogP contribution in [0.3, 0.4) is 0 Å².